The zero-order chi connectivity index (χ0) is 10.4. The molecule has 0 unspecified atom stereocenters. The molecule has 0 radical (unpaired) electrons. The molecular formula is C12H15NO. The minimum atomic E-state index is 0.126. The summed E-state index contributed by atoms with van der Waals surface area (Å²) in [6.07, 6.45) is 0.464. The lowest BCUT2D eigenvalue weighted by Crippen LogP contribution is -2.13. The first-order chi connectivity index (χ1) is 6.79. The lowest BCUT2D eigenvalue weighted by atomic mass is 9.85. The predicted molar refractivity (Wildman–Crippen MR) is 55.7 cm³/mol. The largest absolute Gasteiger partial charge is 0.396 e. The molecule has 1 rings (SSSR count). The van der Waals surface area contributed by atoms with E-state index in [1.54, 1.807) is 0 Å². The second-order valence-corrected chi connectivity index (χ2v) is 3.54. The van der Waals surface area contributed by atoms with Gasteiger partial charge in [0.2, 0.25) is 0 Å². The SMILES string of the molecule is C[C@@H](CO)[C@H](CC#N)c1ccccc1. The van der Waals surface area contributed by atoms with Gasteiger partial charge in [0.1, 0.15) is 0 Å². The number of hydrogen-bond donors (Lipinski definition) is 1. The lowest BCUT2D eigenvalue weighted by molar-refractivity contribution is 0.216. The Hall–Kier alpha value is -1.33. The highest BCUT2D eigenvalue weighted by Crippen LogP contribution is 2.27. The van der Waals surface area contributed by atoms with Crippen molar-refractivity contribution in [2.45, 2.75) is 19.3 Å². The third-order valence-corrected chi connectivity index (χ3v) is 2.51. The van der Waals surface area contributed by atoms with Gasteiger partial charge in [0.15, 0.2) is 0 Å². The summed E-state index contributed by atoms with van der Waals surface area (Å²) in [6, 6.07) is 12.1. The minimum absolute atomic E-state index is 0.126. The molecule has 0 bridgehead atoms. The van der Waals surface area contributed by atoms with Crippen molar-refractivity contribution < 1.29 is 5.11 Å². The average molecular weight is 189 g/mol. The zero-order valence-electron chi connectivity index (χ0n) is 8.35. The summed E-state index contributed by atoms with van der Waals surface area (Å²) in [7, 11) is 0. The minimum Gasteiger partial charge on any atom is -0.396 e. The van der Waals surface area contributed by atoms with Gasteiger partial charge in [-0.15, -0.1) is 0 Å². The zero-order valence-corrected chi connectivity index (χ0v) is 8.35. The number of hydrogen-bond acceptors (Lipinski definition) is 2. The summed E-state index contributed by atoms with van der Waals surface area (Å²) in [5, 5.41) is 17.8. The number of nitriles is 1. The Bertz CT molecular complexity index is 302. The van der Waals surface area contributed by atoms with Gasteiger partial charge in [-0.25, -0.2) is 0 Å². The molecule has 1 aromatic rings. The van der Waals surface area contributed by atoms with Crippen molar-refractivity contribution in [1.82, 2.24) is 0 Å². The molecule has 0 aliphatic heterocycles. The summed E-state index contributed by atoms with van der Waals surface area (Å²) in [6.45, 7) is 2.09. The number of aliphatic hydroxyl groups is 1. The van der Waals surface area contributed by atoms with E-state index >= 15 is 0 Å². The first kappa shape index (κ1) is 10.7. The van der Waals surface area contributed by atoms with Gasteiger partial charge in [-0.1, -0.05) is 37.3 Å². The van der Waals surface area contributed by atoms with Crippen molar-refractivity contribution in [2.75, 3.05) is 6.61 Å². The van der Waals surface area contributed by atoms with E-state index in [4.69, 9.17) is 10.4 Å². The molecule has 0 saturated heterocycles. The summed E-state index contributed by atoms with van der Waals surface area (Å²) < 4.78 is 0. The standard InChI is InChI=1S/C12H15NO/c1-10(9-14)12(7-8-13)11-5-3-2-4-6-11/h2-6,10,12,14H,7,9H2,1H3/t10-,12-/m0/s1. The molecule has 0 aliphatic carbocycles. The first-order valence-electron chi connectivity index (χ1n) is 4.82. The topological polar surface area (TPSA) is 44.0 Å². The molecular weight excluding hydrogens is 174 g/mol. The Balaban J connectivity index is 2.84. The molecule has 0 saturated carbocycles. The maximum absolute atomic E-state index is 9.08. The Morgan fingerprint density at radius 3 is 2.50 bits per heavy atom. The van der Waals surface area contributed by atoms with Gasteiger partial charge in [-0.05, 0) is 11.5 Å². The Morgan fingerprint density at radius 1 is 1.36 bits per heavy atom. The molecule has 2 nitrogen and oxygen atoms in total. The van der Waals surface area contributed by atoms with Crippen molar-refractivity contribution in [3.05, 3.63) is 35.9 Å². The van der Waals surface area contributed by atoms with Crippen molar-refractivity contribution in [1.29, 1.82) is 5.26 Å². The van der Waals surface area contributed by atoms with Crippen LogP contribution in [-0.2, 0) is 0 Å². The van der Waals surface area contributed by atoms with Gasteiger partial charge in [-0.2, -0.15) is 5.26 Å². The molecule has 1 N–H and O–H groups in total. The normalized spacial score (nSPS) is 14.4. The smallest absolute Gasteiger partial charge is 0.0628 e. The van der Waals surface area contributed by atoms with Crippen LogP contribution in [0.3, 0.4) is 0 Å². The Labute approximate surface area is 84.8 Å². The van der Waals surface area contributed by atoms with Crippen LogP contribution in [0.15, 0.2) is 30.3 Å². The van der Waals surface area contributed by atoms with Gasteiger partial charge in [0.25, 0.3) is 0 Å². The summed E-state index contributed by atoms with van der Waals surface area (Å²) in [5.41, 5.74) is 1.13. The van der Waals surface area contributed by atoms with Gasteiger partial charge in [0, 0.05) is 18.9 Å². The number of aliphatic hydroxyl groups excluding tert-OH is 1. The van der Waals surface area contributed by atoms with Gasteiger partial charge in [-0.3, -0.25) is 0 Å². The highest BCUT2D eigenvalue weighted by Gasteiger charge is 2.17. The van der Waals surface area contributed by atoms with Crippen molar-refractivity contribution in [2.24, 2.45) is 5.92 Å². The molecule has 0 heterocycles. The van der Waals surface area contributed by atoms with Crippen LogP contribution in [0.25, 0.3) is 0 Å². The third kappa shape index (κ3) is 2.58. The third-order valence-electron chi connectivity index (χ3n) is 2.51. The van der Waals surface area contributed by atoms with E-state index in [1.165, 1.54) is 0 Å². The fourth-order valence-corrected chi connectivity index (χ4v) is 1.57. The van der Waals surface area contributed by atoms with Crippen LogP contribution in [0.5, 0.6) is 0 Å². The van der Waals surface area contributed by atoms with E-state index in [2.05, 4.69) is 6.07 Å². The maximum atomic E-state index is 9.08. The van der Waals surface area contributed by atoms with Crippen molar-refractivity contribution in [3.8, 4) is 6.07 Å². The molecule has 2 heteroatoms. The van der Waals surface area contributed by atoms with E-state index in [1.807, 2.05) is 37.3 Å². The fourth-order valence-electron chi connectivity index (χ4n) is 1.57. The average Bonchev–Trinajstić information content (AvgIpc) is 2.26. The Morgan fingerprint density at radius 2 is 2.00 bits per heavy atom. The number of nitrogens with zero attached hydrogens (tertiary/aromatic N) is 1. The van der Waals surface area contributed by atoms with Crippen LogP contribution in [0.1, 0.15) is 24.8 Å². The van der Waals surface area contributed by atoms with Crippen LogP contribution in [0, 0.1) is 17.2 Å². The lowest BCUT2D eigenvalue weighted by Gasteiger charge is -2.19. The van der Waals surface area contributed by atoms with E-state index < -0.39 is 0 Å². The summed E-state index contributed by atoms with van der Waals surface area (Å²) in [5.74, 6) is 0.281. The second kappa shape index (κ2) is 5.41. The molecule has 14 heavy (non-hydrogen) atoms. The van der Waals surface area contributed by atoms with Crippen molar-refractivity contribution >= 4 is 0 Å². The van der Waals surface area contributed by atoms with E-state index in [0.717, 1.165) is 5.56 Å². The molecule has 0 amide bonds. The molecule has 0 aliphatic rings. The van der Waals surface area contributed by atoms with E-state index in [9.17, 15) is 0 Å². The van der Waals surface area contributed by atoms with E-state index in [-0.39, 0.29) is 18.4 Å². The monoisotopic (exact) mass is 189 g/mol. The highest BCUT2D eigenvalue weighted by atomic mass is 16.3. The first-order valence-corrected chi connectivity index (χ1v) is 4.82. The molecule has 74 valence electrons. The van der Waals surface area contributed by atoms with Gasteiger partial charge in [0.05, 0.1) is 6.07 Å². The van der Waals surface area contributed by atoms with Crippen LogP contribution in [-0.4, -0.2) is 11.7 Å². The molecule has 0 aromatic heterocycles. The Kier molecular flexibility index (Phi) is 4.15. The molecule has 1 aromatic carbocycles. The molecule has 0 fully saturated rings. The van der Waals surface area contributed by atoms with E-state index in [0.29, 0.717) is 6.42 Å². The van der Waals surface area contributed by atoms with Crippen molar-refractivity contribution in [3.63, 3.8) is 0 Å². The number of benzene rings is 1. The quantitative estimate of drug-likeness (QED) is 0.789. The van der Waals surface area contributed by atoms with Crippen LogP contribution < -0.4 is 0 Å². The van der Waals surface area contributed by atoms with Gasteiger partial charge >= 0.3 is 0 Å². The van der Waals surface area contributed by atoms with Gasteiger partial charge < -0.3 is 5.11 Å². The fraction of sp³-hybridized carbons (Fsp3) is 0.417. The highest BCUT2D eigenvalue weighted by molar-refractivity contribution is 5.21. The molecule has 2 atom stereocenters. The number of rotatable bonds is 4. The van der Waals surface area contributed by atoms with Crippen LogP contribution in [0.4, 0.5) is 0 Å². The summed E-state index contributed by atoms with van der Waals surface area (Å²) in [4.78, 5) is 0. The maximum Gasteiger partial charge on any atom is 0.0628 e. The second-order valence-electron chi connectivity index (χ2n) is 3.54. The summed E-state index contributed by atoms with van der Waals surface area (Å²) >= 11 is 0. The molecule has 0 spiro atoms. The predicted octanol–water partition coefficient (Wildman–Crippen LogP) is 2.31. The van der Waals surface area contributed by atoms with Crippen LogP contribution >= 0.6 is 0 Å². The van der Waals surface area contributed by atoms with Crippen LogP contribution in [0.2, 0.25) is 0 Å².